The van der Waals surface area contributed by atoms with E-state index in [0.717, 1.165) is 17.6 Å². The lowest BCUT2D eigenvalue weighted by Gasteiger charge is -2.34. The van der Waals surface area contributed by atoms with Crippen LogP contribution in [0.1, 0.15) is 58.5 Å². The van der Waals surface area contributed by atoms with E-state index in [0.29, 0.717) is 13.0 Å². The van der Waals surface area contributed by atoms with Crippen LogP contribution < -0.4 is 15.4 Å². The van der Waals surface area contributed by atoms with Crippen LogP contribution in [0.15, 0.2) is 5.38 Å². The highest BCUT2D eigenvalue weighted by Gasteiger charge is 2.38. The Kier molecular flexibility index (Phi) is 11.2. The summed E-state index contributed by atoms with van der Waals surface area (Å²) < 4.78 is 24.9. The van der Waals surface area contributed by atoms with Gasteiger partial charge in [0, 0.05) is 11.9 Å². The minimum absolute atomic E-state index is 0.0170. The first-order valence-corrected chi connectivity index (χ1v) is 13.8. The van der Waals surface area contributed by atoms with E-state index in [9.17, 15) is 28.2 Å². The van der Waals surface area contributed by atoms with Crippen molar-refractivity contribution >= 4 is 38.3 Å². The topological polar surface area (TPSA) is 158 Å². The summed E-state index contributed by atoms with van der Waals surface area (Å²) in [6, 6.07) is -0.848. The number of aliphatic hydroxyl groups excluding tert-OH is 2. The number of aromatic nitrogens is 1. The average molecular weight is 507 g/mol. The van der Waals surface area contributed by atoms with Crippen LogP contribution in [-0.4, -0.2) is 66.5 Å². The first-order chi connectivity index (χ1) is 15.1. The van der Waals surface area contributed by atoms with E-state index in [1.165, 1.54) is 5.38 Å². The summed E-state index contributed by atoms with van der Waals surface area (Å²) in [4.78, 5) is 29.4. The van der Waals surface area contributed by atoms with Gasteiger partial charge < -0.3 is 20.8 Å². The van der Waals surface area contributed by atoms with E-state index in [4.69, 9.17) is 0 Å². The third-order valence-corrected chi connectivity index (χ3v) is 6.34. The van der Waals surface area contributed by atoms with Gasteiger partial charge in [-0.2, -0.15) is 0 Å². The van der Waals surface area contributed by atoms with Crippen LogP contribution in [0.3, 0.4) is 0 Å². The fourth-order valence-corrected chi connectivity index (χ4v) is 4.89. The summed E-state index contributed by atoms with van der Waals surface area (Å²) in [6.07, 6.45) is -1.48. The molecule has 1 heterocycles. The number of nitrogens with one attached hydrogen (secondary N) is 3. The molecule has 4 atom stereocenters. The van der Waals surface area contributed by atoms with E-state index < -0.39 is 40.1 Å². The molecule has 0 aromatic carbocycles. The molecule has 0 bridgehead atoms. The van der Waals surface area contributed by atoms with Crippen LogP contribution in [0.5, 0.6) is 0 Å². The SMILES string of the molecule is CC(C)CNC(=O)C(C(C)C)C(O)C(O)C(CC(C)C)NC(=O)c1csc(NS(C)(=O)=O)n1. The lowest BCUT2D eigenvalue weighted by atomic mass is 9.83. The van der Waals surface area contributed by atoms with Crippen LogP contribution in [-0.2, 0) is 14.8 Å². The van der Waals surface area contributed by atoms with E-state index in [2.05, 4.69) is 20.3 Å². The smallest absolute Gasteiger partial charge is 0.271 e. The summed E-state index contributed by atoms with van der Waals surface area (Å²) in [6.45, 7) is 11.8. The molecule has 0 aliphatic rings. The van der Waals surface area contributed by atoms with Crippen molar-refractivity contribution in [2.45, 2.75) is 66.2 Å². The molecule has 0 saturated carbocycles. The predicted octanol–water partition coefficient (Wildman–Crippen LogP) is 1.43. The molecule has 0 saturated heterocycles. The maximum absolute atomic E-state index is 12.7. The van der Waals surface area contributed by atoms with Gasteiger partial charge in [-0.1, -0.05) is 41.5 Å². The normalized spacial score (nSPS) is 15.9. The van der Waals surface area contributed by atoms with Gasteiger partial charge in [-0.15, -0.1) is 11.3 Å². The Morgan fingerprint density at radius 2 is 1.67 bits per heavy atom. The second-order valence-electron chi connectivity index (χ2n) is 9.51. The Labute approximate surface area is 200 Å². The standard InChI is InChI=1S/C21H38N4O6S2/c1-11(2)8-14(23-19(28)15-10-32-21(24-15)25-33(7,30)31)17(26)18(27)16(13(5)6)20(29)22-9-12(3)4/h10-14,16-18,26-27H,8-9H2,1-7H3,(H,22,29)(H,23,28)(H,24,25). The fourth-order valence-electron chi connectivity index (χ4n) is 3.34. The number of hydrogen-bond acceptors (Lipinski definition) is 8. The minimum Gasteiger partial charge on any atom is -0.390 e. The zero-order valence-electron chi connectivity index (χ0n) is 20.3. The van der Waals surface area contributed by atoms with Crippen molar-refractivity contribution in [2.24, 2.45) is 23.7 Å². The molecular weight excluding hydrogens is 468 g/mol. The summed E-state index contributed by atoms with van der Waals surface area (Å²) in [5, 5.41) is 28.8. The first kappa shape index (κ1) is 29.3. The van der Waals surface area contributed by atoms with E-state index in [-0.39, 0.29) is 34.5 Å². The molecule has 0 fully saturated rings. The maximum atomic E-state index is 12.7. The molecule has 0 radical (unpaired) electrons. The van der Waals surface area contributed by atoms with E-state index in [1.54, 1.807) is 13.8 Å². The number of rotatable bonds is 13. The Hall–Kier alpha value is -1.76. The van der Waals surface area contributed by atoms with Crippen molar-refractivity contribution in [3.63, 3.8) is 0 Å². The van der Waals surface area contributed by atoms with E-state index >= 15 is 0 Å². The molecule has 1 aromatic rings. The van der Waals surface area contributed by atoms with Gasteiger partial charge in [0.05, 0.1) is 24.3 Å². The number of nitrogens with zero attached hydrogens (tertiary/aromatic N) is 1. The summed E-state index contributed by atoms with van der Waals surface area (Å²) in [7, 11) is -3.53. The van der Waals surface area contributed by atoms with Gasteiger partial charge >= 0.3 is 0 Å². The Morgan fingerprint density at radius 3 is 2.15 bits per heavy atom. The lowest BCUT2D eigenvalue weighted by Crippen LogP contribution is -2.54. The first-order valence-electron chi connectivity index (χ1n) is 11.0. The van der Waals surface area contributed by atoms with Gasteiger partial charge in [-0.05, 0) is 24.2 Å². The quantitative estimate of drug-likeness (QED) is 0.271. The van der Waals surface area contributed by atoms with Gasteiger partial charge in [0.15, 0.2) is 5.13 Å². The van der Waals surface area contributed by atoms with Crippen molar-refractivity contribution in [3.05, 3.63) is 11.1 Å². The van der Waals surface area contributed by atoms with Crippen LogP contribution >= 0.6 is 11.3 Å². The van der Waals surface area contributed by atoms with Gasteiger partial charge in [-0.3, -0.25) is 14.3 Å². The molecule has 4 unspecified atom stereocenters. The van der Waals surface area contributed by atoms with Crippen molar-refractivity contribution in [2.75, 3.05) is 17.5 Å². The van der Waals surface area contributed by atoms with Gasteiger partial charge in [0.2, 0.25) is 15.9 Å². The Balaban J connectivity index is 3.03. The van der Waals surface area contributed by atoms with Crippen LogP contribution in [0, 0.1) is 23.7 Å². The molecule has 10 nitrogen and oxygen atoms in total. The average Bonchev–Trinajstić information content (AvgIpc) is 3.11. The predicted molar refractivity (Wildman–Crippen MR) is 129 cm³/mol. The van der Waals surface area contributed by atoms with Crippen molar-refractivity contribution in [1.82, 2.24) is 15.6 Å². The number of amides is 2. The molecule has 33 heavy (non-hydrogen) atoms. The monoisotopic (exact) mass is 506 g/mol. The number of thiazole rings is 1. The molecule has 5 N–H and O–H groups in total. The fraction of sp³-hybridized carbons (Fsp3) is 0.762. The van der Waals surface area contributed by atoms with Crippen molar-refractivity contribution in [3.8, 4) is 0 Å². The number of carbonyl (C=O) groups excluding carboxylic acids is 2. The largest absolute Gasteiger partial charge is 0.390 e. The van der Waals surface area contributed by atoms with E-state index in [1.807, 2.05) is 27.7 Å². The number of hydrogen-bond donors (Lipinski definition) is 5. The van der Waals surface area contributed by atoms with Crippen LogP contribution in [0.25, 0.3) is 0 Å². The van der Waals surface area contributed by atoms with Crippen LogP contribution in [0.2, 0.25) is 0 Å². The summed E-state index contributed by atoms with van der Waals surface area (Å²) in [5.41, 5.74) is -0.0170. The van der Waals surface area contributed by atoms with Gasteiger partial charge in [-0.25, -0.2) is 13.4 Å². The molecular formula is C21H38N4O6S2. The highest BCUT2D eigenvalue weighted by molar-refractivity contribution is 7.92. The molecule has 1 aromatic heterocycles. The molecule has 190 valence electrons. The van der Waals surface area contributed by atoms with Crippen LogP contribution in [0.4, 0.5) is 5.13 Å². The highest BCUT2D eigenvalue weighted by Crippen LogP contribution is 2.23. The number of sulfonamides is 1. The Morgan fingerprint density at radius 1 is 1.06 bits per heavy atom. The van der Waals surface area contributed by atoms with Crippen molar-refractivity contribution in [1.29, 1.82) is 0 Å². The third-order valence-electron chi connectivity index (χ3n) is 4.89. The molecule has 0 aliphatic carbocycles. The zero-order valence-corrected chi connectivity index (χ0v) is 22.0. The number of carbonyl (C=O) groups is 2. The second-order valence-corrected chi connectivity index (χ2v) is 12.1. The molecule has 1 rings (SSSR count). The summed E-state index contributed by atoms with van der Waals surface area (Å²) >= 11 is 0.954. The lowest BCUT2D eigenvalue weighted by molar-refractivity contribution is -0.136. The molecule has 2 amide bonds. The molecule has 12 heteroatoms. The third kappa shape index (κ3) is 9.95. The Bertz CT molecular complexity index is 885. The highest BCUT2D eigenvalue weighted by atomic mass is 32.2. The zero-order chi connectivity index (χ0) is 25.5. The number of anilines is 1. The number of aliphatic hydroxyl groups is 2. The van der Waals surface area contributed by atoms with Gasteiger partial charge in [0.25, 0.3) is 5.91 Å². The maximum Gasteiger partial charge on any atom is 0.271 e. The molecule has 0 aliphatic heterocycles. The summed E-state index contributed by atoms with van der Waals surface area (Å²) in [5.74, 6) is -1.78. The minimum atomic E-state index is -3.53. The van der Waals surface area contributed by atoms with Crippen molar-refractivity contribution < 1.29 is 28.2 Å². The second kappa shape index (κ2) is 12.6. The molecule has 0 spiro atoms. The van der Waals surface area contributed by atoms with Gasteiger partial charge in [0.1, 0.15) is 11.8 Å².